The van der Waals surface area contributed by atoms with Crippen LogP contribution in [0.4, 0.5) is 5.69 Å². The van der Waals surface area contributed by atoms with E-state index in [4.69, 9.17) is 5.11 Å². The fourth-order valence-corrected chi connectivity index (χ4v) is 2.68. The third-order valence-corrected chi connectivity index (χ3v) is 4.09. The molecule has 1 heterocycles. The molecule has 9 nitrogen and oxygen atoms in total. The molecule has 25 heavy (non-hydrogen) atoms. The van der Waals surface area contributed by atoms with Crippen LogP contribution in [0.15, 0.2) is 24.3 Å². The van der Waals surface area contributed by atoms with Crippen LogP contribution in [0.3, 0.4) is 0 Å². The van der Waals surface area contributed by atoms with Gasteiger partial charge in [0.25, 0.3) is 5.78 Å². The minimum atomic E-state index is -1.72. The van der Waals surface area contributed by atoms with E-state index in [1.165, 1.54) is 9.80 Å². The molecular formula is C16H22N2O7. The van der Waals surface area contributed by atoms with E-state index in [0.29, 0.717) is 11.3 Å². The molecule has 9 heteroatoms. The Morgan fingerprint density at radius 2 is 1.64 bits per heavy atom. The predicted molar refractivity (Wildman–Crippen MR) is 86.9 cm³/mol. The van der Waals surface area contributed by atoms with Gasteiger partial charge in [-0.2, -0.15) is 0 Å². The van der Waals surface area contributed by atoms with Gasteiger partial charge in [-0.1, -0.05) is 12.1 Å². The monoisotopic (exact) mass is 354 g/mol. The van der Waals surface area contributed by atoms with Crippen molar-refractivity contribution in [3.63, 3.8) is 0 Å². The van der Waals surface area contributed by atoms with E-state index in [1.54, 1.807) is 31.3 Å². The van der Waals surface area contributed by atoms with Crippen LogP contribution >= 0.6 is 0 Å². The molecule has 0 aliphatic carbocycles. The van der Waals surface area contributed by atoms with Crippen molar-refractivity contribution in [3.05, 3.63) is 29.8 Å². The Hall–Kier alpha value is -1.88. The first-order chi connectivity index (χ1) is 11.8. The van der Waals surface area contributed by atoms with E-state index in [-0.39, 0.29) is 13.2 Å². The average Bonchev–Trinajstić information content (AvgIpc) is 2.84. The van der Waals surface area contributed by atoms with E-state index in [0.717, 1.165) is 0 Å². The van der Waals surface area contributed by atoms with Gasteiger partial charge in [-0.05, 0) is 19.2 Å². The minimum Gasteiger partial charge on any atom is -0.394 e. The largest absolute Gasteiger partial charge is 0.394 e. The number of Topliss-reactive ketones (excluding diaryl/α,β-unsaturated/α-hetero) is 1. The summed E-state index contributed by atoms with van der Waals surface area (Å²) < 4.78 is 0. The number of benzene rings is 1. The van der Waals surface area contributed by atoms with Crippen molar-refractivity contribution in [1.29, 1.82) is 0 Å². The maximum atomic E-state index is 12.1. The number of carbonyl (C=O) groups is 2. The second kappa shape index (κ2) is 8.00. The Labute approximate surface area is 144 Å². The number of aliphatic hydroxyl groups is 5. The number of rotatable bonds is 8. The molecule has 0 radical (unpaired) electrons. The first kappa shape index (κ1) is 19.4. The molecule has 4 atom stereocenters. The van der Waals surface area contributed by atoms with Crippen molar-refractivity contribution in [1.82, 2.24) is 4.90 Å². The van der Waals surface area contributed by atoms with Crippen molar-refractivity contribution < 1.29 is 35.1 Å². The maximum Gasteiger partial charge on any atom is 0.300 e. The van der Waals surface area contributed by atoms with E-state index >= 15 is 0 Å². The van der Waals surface area contributed by atoms with E-state index in [1.807, 2.05) is 0 Å². The third kappa shape index (κ3) is 4.03. The lowest BCUT2D eigenvalue weighted by molar-refractivity contribution is -0.119. The second-order valence-corrected chi connectivity index (χ2v) is 6.06. The van der Waals surface area contributed by atoms with Gasteiger partial charge < -0.3 is 25.5 Å². The zero-order valence-corrected chi connectivity index (χ0v) is 13.7. The number of anilines is 1. The summed E-state index contributed by atoms with van der Waals surface area (Å²) in [5.41, 5.74) is 0.776. The molecule has 0 unspecified atom stereocenters. The lowest BCUT2D eigenvalue weighted by Crippen LogP contribution is -2.50. The second-order valence-electron chi connectivity index (χ2n) is 6.06. The van der Waals surface area contributed by atoms with Gasteiger partial charge in [-0.3, -0.25) is 19.4 Å². The maximum absolute atomic E-state index is 12.1. The fraction of sp³-hybridized carbons (Fsp3) is 0.500. The Balaban J connectivity index is 2.00. The van der Waals surface area contributed by atoms with Crippen LogP contribution in [0, 0.1) is 0 Å². The van der Waals surface area contributed by atoms with Gasteiger partial charge >= 0.3 is 5.91 Å². The van der Waals surface area contributed by atoms with Crippen molar-refractivity contribution in [2.45, 2.75) is 24.4 Å². The number of hydrogen-bond acceptors (Lipinski definition) is 8. The zero-order chi connectivity index (χ0) is 18.7. The molecule has 5 N–H and O–H groups in total. The van der Waals surface area contributed by atoms with Crippen LogP contribution in [0.25, 0.3) is 0 Å². The smallest absolute Gasteiger partial charge is 0.300 e. The van der Waals surface area contributed by atoms with Gasteiger partial charge in [0.15, 0.2) is 0 Å². The molecule has 0 saturated carbocycles. The Morgan fingerprint density at radius 1 is 1.04 bits per heavy atom. The highest BCUT2D eigenvalue weighted by atomic mass is 16.4. The van der Waals surface area contributed by atoms with Gasteiger partial charge in [-0.25, -0.2) is 0 Å². The number of aliphatic hydroxyl groups excluding tert-OH is 5. The number of likely N-dealkylation sites (N-methyl/N-ethyl adjacent to an activating group) is 1. The van der Waals surface area contributed by atoms with Crippen molar-refractivity contribution in [2.24, 2.45) is 0 Å². The van der Waals surface area contributed by atoms with Crippen molar-refractivity contribution in [3.8, 4) is 0 Å². The summed E-state index contributed by atoms with van der Waals surface area (Å²) in [7, 11) is 1.56. The van der Waals surface area contributed by atoms with Crippen LogP contribution in [-0.4, -0.2) is 93.4 Å². The topological polar surface area (TPSA) is 142 Å². The van der Waals surface area contributed by atoms with Crippen molar-refractivity contribution >= 4 is 17.4 Å². The van der Waals surface area contributed by atoms with E-state index in [9.17, 15) is 30.0 Å². The molecule has 0 fully saturated rings. The molecule has 1 aromatic carbocycles. The van der Waals surface area contributed by atoms with Crippen LogP contribution in [0.2, 0.25) is 0 Å². The molecule has 138 valence electrons. The molecule has 0 bridgehead atoms. The minimum absolute atomic E-state index is 0.00991. The predicted octanol–water partition coefficient (Wildman–Crippen LogP) is -2.46. The van der Waals surface area contributed by atoms with Gasteiger partial charge in [0.2, 0.25) is 0 Å². The molecule has 1 aliphatic rings. The van der Waals surface area contributed by atoms with Gasteiger partial charge in [0.1, 0.15) is 18.3 Å². The number of para-hydroxylation sites is 1. The van der Waals surface area contributed by atoms with Crippen LogP contribution in [-0.2, 0) is 4.79 Å². The Morgan fingerprint density at radius 3 is 2.28 bits per heavy atom. The molecule has 1 aliphatic heterocycles. The summed E-state index contributed by atoms with van der Waals surface area (Å²) in [6.45, 7) is -0.914. The van der Waals surface area contributed by atoms with E-state index < -0.39 is 42.7 Å². The van der Waals surface area contributed by atoms with Crippen molar-refractivity contribution in [2.75, 3.05) is 31.8 Å². The summed E-state index contributed by atoms with van der Waals surface area (Å²) in [4.78, 5) is 26.8. The van der Waals surface area contributed by atoms with Crippen LogP contribution < -0.4 is 4.90 Å². The Kier molecular flexibility index (Phi) is 6.22. The lowest BCUT2D eigenvalue weighted by Gasteiger charge is -2.30. The summed E-state index contributed by atoms with van der Waals surface area (Å²) in [5.74, 6) is -1.29. The highest BCUT2D eigenvalue weighted by Crippen LogP contribution is 2.28. The van der Waals surface area contributed by atoms with Gasteiger partial charge in [0.05, 0.1) is 30.6 Å². The molecule has 0 saturated heterocycles. The number of nitrogens with zero attached hydrogens (tertiary/aromatic N) is 2. The molecular weight excluding hydrogens is 332 g/mol. The summed E-state index contributed by atoms with van der Waals surface area (Å²) in [6.07, 6.45) is -6.43. The number of fused-ring (bicyclic) bond motifs is 1. The number of hydrogen-bond donors (Lipinski definition) is 5. The normalized spacial score (nSPS) is 19.1. The number of amides is 1. The molecule has 1 amide bonds. The highest BCUT2D eigenvalue weighted by Gasteiger charge is 2.36. The van der Waals surface area contributed by atoms with Crippen LogP contribution in [0.5, 0.6) is 0 Å². The summed E-state index contributed by atoms with van der Waals surface area (Å²) in [5, 5.41) is 47.5. The van der Waals surface area contributed by atoms with E-state index in [2.05, 4.69) is 0 Å². The zero-order valence-electron chi connectivity index (χ0n) is 13.7. The first-order valence-corrected chi connectivity index (χ1v) is 7.74. The molecule has 0 aromatic heterocycles. The first-order valence-electron chi connectivity index (χ1n) is 7.74. The quantitative estimate of drug-likeness (QED) is 0.324. The lowest BCUT2D eigenvalue weighted by atomic mass is 10.0. The Bertz CT molecular complexity index is 639. The standard InChI is InChI=1S/C16H22N2O7/c1-17(6-11(20)14(23)15(24)12(21)7-19)8-18-10-5-3-2-4-9(10)13(22)16(18)25/h2-5,11-12,14-15,19-21,23-24H,6-8H2,1H3/t11-,12+,14-,15+/m0/s1. The van der Waals surface area contributed by atoms with Crippen LogP contribution in [0.1, 0.15) is 10.4 Å². The van der Waals surface area contributed by atoms with Gasteiger partial charge in [0, 0.05) is 6.54 Å². The summed E-state index contributed by atoms with van der Waals surface area (Å²) in [6, 6.07) is 6.55. The third-order valence-electron chi connectivity index (χ3n) is 4.09. The number of ketones is 1. The average molecular weight is 354 g/mol. The number of carbonyl (C=O) groups excluding carboxylic acids is 2. The molecule has 2 rings (SSSR count). The fourth-order valence-electron chi connectivity index (χ4n) is 2.68. The molecule has 0 spiro atoms. The molecule has 1 aromatic rings. The summed E-state index contributed by atoms with van der Waals surface area (Å²) >= 11 is 0. The highest BCUT2D eigenvalue weighted by molar-refractivity contribution is 6.52. The van der Waals surface area contributed by atoms with Gasteiger partial charge in [-0.15, -0.1) is 0 Å². The SMILES string of the molecule is CN(C[C@H](O)[C@H](O)[C@H](O)[C@H](O)CO)CN1C(=O)C(=O)c2ccccc21.